The predicted molar refractivity (Wildman–Crippen MR) is 103 cm³/mol. The van der Waals surface area contributed by atoms with Crippen molar-refractivity contribution in [1.82, 2.24) is 4.90 Å². The molecule has 0 saturated carbocycles. The number of hydrogen-bond donors (Lipinski definition) is 2. The van der Waals surface area contributed by atoms with E-state index < -0.39 is 0 Å². The third-order valence-electron chi connectivity index (χ3n) is 3.59. The smallest absolute Gasteiger partial charge is 0.255 e. The van der Waals surface area contributed by atoms with E-state index in [9.17, 15) is 14.4 Å². The molecule has 2 rings (SSSR count). The Hall–Kier alpha value is -2.86. The van der Waals surface area contributed by atoms with Crippen molar-refractivity contribution in [3.05, 3.63) is 58.6 Å². The molecule has 6 nitrogen and oxygen atoms in total. The van der Waals surface area contributed by atoms with Gasteiger partial charge in [-0.3, -0.25) is 14.4 Å². The Labute approximate surface area is 157 Å². The van der Waals surface area contributed by atoms with E-state index in [1.165, 1.54) is 11.0 Å². The summed E-state index contributed by atoms with van der Waals surface area (Å²) in [6, 6.07) is 11.3. The maximum atomic E-state index is 12.4. The first-order chi connectivity index (χ1) is 12.3. The van der Waals surface area contributed by atoms with Gasteiger partial charge in [0.05, 0.1) is 10.6 Å². The minimum absolute atomic E-state index is 0.129. The van der Waals surface area contributed by atoms with Crippen molar-refractivity contribution in [2.24, 2.45) is 0 Å². The number of carbonyl (C=O) groups excluding carboxylic acids is 3. The van der Waals surface area contributed by atoms with Gasteiger partial charge in [-0.05, 0) is 36.4 Å². The highest BCUT2D eigenvalue weighted by Gasteiger charge is 2.14. The summed E-state index contributed by atoms with van der Waals surface area (Å²) < 4.78 is 0. The quantitative estimate of drug-likeness (QED) is 0.839. The molecule has 0 fully saturated rings. The second kappa shape index (κ2) is 8.49. The zero-order valence-electron chi connectivity index (χ0n) is 14.8. The highest BCUT2D eigenvalue weighted by molar-refractivity contribution is 6.34. The van der Waals surface area contributed by atoms with Crippen molar-refractivity contribution in [1.29, 1.82) is 0 Å². The van der Waals surface area contributed by atoms with E-state index in [0.717, 1.165) is 0 Å². The minimum atomic E-state index is -0.347. The van der Waals surface area contributed by atoms with E-state index in [1.807, 2.05) is 0 Å². The fourth-order valence-electron chi connectivity index (χ4n) is 2.20. The van der Waals surface area contributed by atoms with Crippen LogP contribution in [0.25, 0.3) is 0 Å². The summed E-state index contributed by atoms with van der Waals surface area (Å²) in [6.07, 6.45) is 0.354. The van der Waals surface area contributed by atoms with Crippen LogP contribution in [0.3, 0.4) is 0 Å². The summed E-state index contributed by atoms with van der Waals surface area (Å²) in [5.41, 5.74) is 1.77. The van der Waals surface area contributed by atoms with Gasteiger partial charge in [-0.2, -0.15) is 0 Å². The van der Waals surface area contributed by atoms with Gasteiger partial charge in [0.1, 0.15) is 0 Å². The first-order valence-corrected chi connectivity index (χ1v) is 8.42. The molecule has 136 valence electrons. The van der Waals surface area contributed by atoms with Crippen LogP contribution in [-0.2, 0) is 4.79 Å². The lowest BCUT2D eigenvalue weighted by atomic mass is 10.1. The third-order valence-corrected chi connectivity index (χ3v) is 3.91. The molecular formula is C19H20ClN3O3. The second-order valence-electron chi connectivity index (χ2n) is 5.83. The van der Waals surface area contributed by atoms with Crippen LogP contribution in [0.2, 0.25) is 5.02 Å². The Morgan fingerprint density at radius 2 is 1.69 bits per heavy atom. The Bertz CT molecular complexity index is 850. The minimum Gasteiger partial charge on any atom is -0.345 e. The molecular weight excluding hydrogens is 354 g/mol. The zero-order chi connectivity index (χ0) is 19.3. The maximum absolute atomic E-state index is 12.4. The summed E-state index contributed by atoms with van der Waals surface area (Å²) in [5, 5.41) is 5.69. The van der Waals surface area contributed by atoms with E-state index in [4.69, 9.17) is 11.6 Å². The molecule has 7 heteroatoms. The van der Waals surface area contributed by atoms with Crippen molar-refractivity contribution in [2.75, 3.05) is 24.7 Å². The lowest BCUT2D eigenvalue weighted by Gasteiger charge is -2.13. The number of benzene rings is 2. The number of rotatable bonds is 5. The molecule has 0 aliphatic rings. The normalized spacial score (nSPS) is 10.2. The summed E-state index contributed by atoms with van der Waals surface area (Å²) >= 11 is 6.15. The number of anilines is 2. The highest BCUT2D eigenvalue weighted by Crippen LogP contribution is 2.23. The number of halogens is 1. The lowest BCUT2D eigenvalue weighted by molar-refractivity contribution is -0.115. The average Bonchev–Trinajstić information content (AvgIpc) is 2.61. The van der Waals surface area contributed by atoms with Crippen molar-refractivity contribution in [2.45, 2.75) is 13.3 Å². The number of hydrogen-bond acceptors (Lipinski definition) is 3. The molecule has 0 spiro atoms. The molecule has 0 aliphatic heterocycles. The molecule has 0 saturated heterocycles. The number of amides is 3. The van der Waals surface area contributed by atoms with E-state index in [1.54, 1.807) is 57.4 Å². The number of carbonyl (C=O) groups is 3. The summed E-state index contributed by atoms with van der Waals surface area (Å²) in [5.74, 6) is -0.692. The molecule has 0 unspecified atom stereocenters. The summed E-state index contributed by atoms with van der Waals surface area (Å²) in [4.78, 5) is 37.3. The van der Waals surface area contributed by atoms with Crippen LogP contribution in [0.15, 0.2) is 42.5 Å². The second-order valence-corrected chi connectivity index (χ2v) is 6.24. The molecule has 3 amide bonds. The van der Waals surface area contributed by atoms with Crippen molar-refractivity contribution >= 4 is 40.7 Å². The van der Waals surface area contributed by atoms with Crippen LogP contribution < -0.4 is 10.6 Å². The molecule has 0 bridgehead atoms. The van der Waals surface area contributed by atoms with Gasteiger partial charge >= 0.3 is 0 Å². The highest BCUT2D eigenvalue weighted by atomic mass is 35.5. The van der Waals surface area contributed by atoms with Gasteiger partial charge in [0, 0.05) is 37.5 Å². The first kappa shape index (κ1) is 19.5. The van der Waals surface area contributed by atoms with E-state index in [0.29, 0.717) is 28.9 Å². The molecule has 2 aromatic carbocycles. The zero-order valence-corrected chi connectivity index (χ0v) is 15.6. The largest absolute Gasteiger partial charge is 0.345 e. The summed E-state index contributed by atoms with van der Waals surface area (Å²) in [7, 11) is 3.28. The van der Waals surface area contributed by atoms with Crippen LogP contribution in [0.4, 0.5) is 11.4 Å². The average molecular weight is 374 g/mol. The van der Waals surface area contributed by atoms with E-state index >= 15 is 0 Å². The standard InChI is InChI=1S/C19H20ClN3O3/c1-4-17(24)21-13-7-5-6-12(10-13)18(25)22-14-8-9-15(16(20)11-14)19(26)23(2)3/h5-11H,4H2,1-3H3,(H,21,24)(H,22,25). The third kappa shape index (κ3) is 4.83. The SMILES string of the molecule is CCC(=O)Nc1cccc(C(=O)Nc2ccc(C(=O)N(C)C)c(Cl)c2)c1. The van der Waals surface area contributed by atoms with Gasteiger partial charge in [-0.25, -0.2) is 0 Å². The molecule has 0 radical (unpaired) electrons. The van der Waals surface area contributed by atoms with Crippen LogP contribution in [-0.4, -0.2) is 36.7 Å². The van der Waals surface area contributed by atoms with Gasteiger partial charge in [0.2, 0.25) is 5.91 Å². The lowest BCUT2D eigenvalue weighted by Crippen LogP contribution is -2.22. The van der Waals surface area contributed by atoms with Crippen LogP contribution in [0.5, 0.6) is 0 Å². The summed E-state index contributed by atoms with van der Waals surface area (Å²) in [6.45, 7) is 1.75. The van der Waals surface area contributed by atoms with Gasteiger partial charge in [0.25, 0.3) is 11.8 Å². The molecule has 0 aromatic heterocycles. The Morgan fingerprint density at radius 1 is 1.00 bits per heavy atom. The maximum Gasteiger partial charge on any atom is 0.255 e. The molecule has 0 atom stereocenters. The van der Waals surface area contributed by atoms with E-state index in [2.05, 4.69) is 10.6 Å². The van der Waals surface area contributed by atoms with Crippen molar-refractivity contribution in [3.63, 3.8) is 0 Å². The Balaban J connectivity index is 2.15. The van der Waals surface area contributed by atoms with Crippen LogP contribution in [0, 0.1) is 0 Å². The predicted octanol–water partition coefficient (Wildman–Crippen LogP) is 3.64. The fraction of sp³-hybridized carbons (Fsp3) is 0.211. The van der Waals surface area contributed by atoms with Gasteiger partial charge in [-0.1, -0.05) is 24.6 Å². The van der Waals surface area contributed by atoms with Crippen LogP contribution in [0.1, 0.15) is 34.1 Å². The van der Waals surface area contributed by atoms with Gasteiger partial charge in [0.15, 0.2) is 0 Å². The topological polar surface area (TPSA) is 78.5 Å². The monoisotopic (exact) mass is 373 g/mol. The fourth-order valence-corrected chi connectivity index (χ4v) is 2.46. The molecule has 0 aliphatic carbocycles. The molecule has 0 heterocycles. The molecule has 26 heavy (non-hydrogen) atoms. The van der Waals surface area contributed by atoms with Crippen molar-refractivity contribution < 1.29 is 14.4 Å². The number of nitrogens with one attached hydrogen (secondary N) is 2. The van der Waals surface area contributed by atoms with Gasteiger partial charge < -0.3 is 15.5 Å². The Morgan fingerprint density at radius 3 is 2.31 bits per heavy atom. The molecule has 2 aromatic rings. The van der Waals surface area contributed by atoms with Crippen molar-refractivity contribution in [3.8, 4) is 0 Å². The molecule has 2 N–H and O–H groups in total. The van der Waals surface area contributed by atoms with Crippen LogP contribution >= 0.6 is 11.6 Å². The first-order valence-electron chi connectivity index (χ1n) is 8.04. The number of nitrogens with zero attached hydrogens (tertiary/aromatic N) is 1. The Kier molecular flexibility index (Phi) is 6.36. The van der Waals surface area contributed by atoms with Gasteiger partial charge in [-0.15, -0.1) is 0 Å². The van der Waals surface area contributed by atoms with E-state index in [-0.39, 0.29) is 22.7 Å².